The predicted molar refractivity (Wildman–Crippen MR) is 83.5 cm³/mol. The van der Waals surface area contributed by atoms with Crippen molar-refractivity contribution < 1.29 is 18.3 Å². The molecule has 0 saturated carbocycles. The molecular weight excluding hydrogens is 300 g/mol. The van der Waals surface area contributed by atoms with E-state index in [1.54, 1.807) is 13.1 Å². The summed E-state index contributed by atoms with van der Waals surface area (Å²) in [7, 11) is 0. The molecule has 0 radical (unpaired) electrons. The molecule has 3 nitrogen and oxygen atoms in total. The average Bonchev–Trinajstić information content (AvgIpc) is 2.96. The zero-order valence-electron chi connectivity index (χ0n) is 13.0. The van der Waals surface area contributed by atoms with Gasteiger partial charge < -0.3 is 4.74 Å². The standard InChI is InChI=1S/C18H19F2NO2/c1-2-23-17(22)11-18(6-3-7-21-18)13-4-5-15-12(8-13)9-14(19)10-16(15)20/h3,6-7,9-10,13H,2,4-5,8,11H2,1H3. The Bertz CT molecular complexity index is 670. The summed E-state index contributed by atoms with van der Waals surface area (Å²) in [6, 6.07) is 2.33. The first kappa shape index (κ1) is 15.8. The molecule has 0 aromatic heterocycles. The maximum absolute atomic E-state index is 13.9. The number of hydrogen-bond acceptors (Lipinski definition) is 3. The van der Waals surface area contributed by atoms with Crippen molar-refractivity contribution in [2.75, 3.05) is 6.61 Å². The molecule has 2 unspecified atom stereocenters. The molecule has 0 bridgehead atoms. The predicted octanol–water partition coefficient (Wildman–Crippen LogP) is 3.40. The third-order valence-corrected chi connectivity index (χ3v) is 4.69. The Hall–Kier alpha value is -2.04. The number of carbonyl (C=O) groups excluding carboxylic acids is 1. The second kappa shape index (κ2) is 6.22. The molecule has 1 aromatic rings. The van der Waals surface area contributed by atoms with Crippen molar-refractivity contribution in [1.82, 2.24) is 0 Å². The van der Waals surface area contributed by atoms with Crippen LogP contribution < -0.4 is 0 Å². The normalized spacial score (nSPS) is 25.4. The molecule has 23 heavy (non-hydrogen) atoms. The highest BCUT2D eigenvalue weighted by atomic mass is 19.1. The first-order chi connectivity index (χ1) is 11.0. The topological polar surface area (TPSA) is 38.7 Å². The van der Waals surface area contributed by atoms with E-state index in [9.17, 15) is 13.6 Å². The summed E-state index contributed by atoms with van der Waals surface area (Å²) in [4.78, 5) is 16.5. The molecule has 2 aliphatic rings. The lowest BCUT2D eigenvalue weighted by Gasteiger charge is -2.36. The van der Waals surface area contributed by atoms with Gasteiger partial charge in [0.15, 0.2) is 0 Å². The lowest BCUT2D eigenvalue weighted by atomic mass is 9.71. The Balaban J connectivity index is 1.86. The van der Waals surface area contributed by atoms with E-state index in [0.29, 0.717) is 37.0 Å². The number of ether oxygens (including phenoxy) is 1. The Kier molecular flexibility index (Phi) is 4.28. The van der Waals surface area contributed by atoms with Crippen LogP contribution in [0.1, 0.15) is 30.9 Å². The first-order valence-electron chi connectivity index (χ1n) is 7.89. The van der Waals surface area contributed by atoms with Crippen molar-refractivity contribution in [2.24, 2.45) is 10.9 Å². The summed E-state index contributed by atoms with van der Waals surface area (Å²) >= 11 is 0. The molecule has 1 aliphatic carbocycles. The number of esters is 1. The van der Waals surface area contributed by atoms with E-state index in [1.807, 2.05) is 12.2 Å². The Labute approximate surface area is 134 Å². The van der Waals surface area contributed by atoms with Gasteiger partial charge in [-0.25, -0.2) is 8.78 Å². The van der Waals surface area contributed by atoms with Gasteiger partial charge in [-0.1, -0.05) is 6.08 Å². The average molecular weight is 319 g/mol. The summed E-state index contributed by atoms with van der Waals surface area (Å²) in [5, 5.41) is 0. The smallest absolute Gasteiger partial charge is 0.308 e. The molecule has 122 valence electrons. The molecule has 0 spiro atoms. The molecule has 2 atom stereocenters. The highest BCUT2D eigenvalue weighted by molar-refractivity contribution is 5.79. The Morgan fingerprint density at radius 1 is 1.43 bits per heavy atom. The van der Waals surface area contributed by atoms with Crippen LogP contribution in [0.2, 0.25) is 0 Å². The molecular formula is C18H19F2NO2. The van der Waals surface area contributed by atoms with Crippen LogP contribution in [-0.2, 0) is 22.4 Å². The number of carbonyl (C=O) groups is 1. The van der Waals surface area contributed by atoms with Gasteiger partial charge in [0, 0.05) is 12.3 Å². The van der Waals surface area contributed by atoms with Gasteiger partial charge in [0.2, 0.25) is 0 Å². The second-order valence-electron chi connectivity index (χ2n) is 6.08. The maximum Gasteiger partial charge on any atom is 0.308 e. The van der Waals surface area contributed by atoms with Gasteiger partial charge >= 0.3 is 5.97 Å². The first-order valence-corrected chi connectivity index (χ1v) is 7.89. The summed E-state index contributed by atoms with van der Waals surface area (Å²) in [5.74, 6) is -1.32. The monoisotopic (exact) mass is 319 g/mol. The summed E-state index contributed by atoms with van der Waals surface area (Å²) < 4.78 is 32.5. The third kappa shape index (κ3) is 3.05. The highest BCUT2D eigenvalue weighted by Gasteiger charge is 2.41. The minimum absolute atomic E-state index is 0.0237. The zero-order valence-corrected chi connectivity index (χ0v) is 13.0. The summed E-state index contributed by atoms with van der Waals surface area (Å²) in [6.45, 7) is 2.09. The SMILES string of the molecule is CCOC(=O)CC1(C2CCc3c(F)cc(F)cc3C2)C=CC=N1. The Morgan fingerprint density at radius 3 is 2.96 bits per heavy atom. The van der Waals surface area contributed by atoms with E-state index in [2.05, 4.69) is 4.99 Å². The van der Waals surface area contributed by atoms with Crippen LogP contribution >= 0.6 is 0 Å². The van der Waals surface area contributed by atoms with E-state index >= 15 is 0 Å². The van der Waals surface area contributed by atoms with Crippen LogP contribution in [0, 0.1) is 17.6 Å². The molecule has 5 heteroatoms. The molecule has 0 fully saturated rings. The fourth-order valence-electron chi connectivity index (χ4n) is 3.60. The number of halogens is 2. The molecule has 0 amide bonds. The van der Waals surface area contributed by atoms with Crippen molar-refractivity contribution >= 4 is 12.2 Å². The largest absolute Gasteiger partial charge is 0.466 e. The quantitative estimate of drug-likeness (QED) is 0.798. The molecule has 1 heterocycles. The van der Waals surface area contributed by atoms with Crippen LogP contribution in [0.15, 0.2) is 29.3 Å². The third-order valence-electron chi connectivity index (χ3n) is 4.69. The number of hydrogen-bond donors (Lipinski definition) is 0. The van der Waals surface area contributed by atoms with Gasteiger partial charge in [-0.2, -0.15) is 0 Å². The molecule has 1 aromatic carbocycles. The van der Waals surface area contributed by atoms with Gasteiger partial charge in [0.25, 0.3) is 0 Å². The van der Waals surface area contributed by atoms with Crippen LogP contribution in [0.4, 0.5) is 8.78 Å². The van der Waals surface area contributed by atoms with Crippen LogP contribution in [0.5, 0.6) is 0 Å². The number of benzene rings is 1. The van der Waals surface area contributed by atoms with Crippen molar-refractivity contribution in [3.05, 3.63) is 47.0 Å². The van der Waals surface area contributed by atoms with Gasteiger partial charge in [-0.15, -0.1) is 0 Å². The van der Waals surface area contributed by atoms with Crippen molar-refractivity contribution in [3.8, 4) is 0 Å². The van der Waals surface area contributed by atoms with Crippen LogP contribution in [0.3, 0.4) is 0 Å². The second-order valence-corrected chi connectivity index (χ2v) is 6.08. The lowest BCUT2D eigenvalue weighted by Crippen LogP contribution is -2.39. The maximum atomic E-state index is 13.9. The van der Waals surface area contributed by atoms with Crippen LogP contribution in [-0.4, -0.2) is 24.3 Å². The van der Waals surface area contributed by atoms with Crippen LogP contribution in [0.25, 0.3) is 0 Å². The number of nitrogens with zero attached hydrogens (tertiary/aromatic N) is 1. The number of fused-ring (bicyclic) bond motifs is 1. The molecule has 0 saturated heterocycles. The molecule has 3 rings (SSSR count). The van der Waals surface area contributed by atoms with Gasteiger partial charge in [0.05, 0.1) is 18.6 Å². The lowest BCUT2D eigenvalue weighted by molar-refractivity contribution is -0.144. The van der Waals surface area contributed by atoms with Gasteiger partial charge in [0.1, 0.15) is 11.6 Å². The number of allylic oxidation sites excluding steroid dienone is 1. The fraction of sp³-hybridized carbons (Fsp3) is 0.444. The van der Waals surface area contributed by atoms with Gasteiger partial charge in [-0.3, -0.25) is 9.79 Å². The highest BCUT2D eigenvalue weighted by Crippen LogP contribution is 2.40. The zero-order chi connectivity index (χ0) is 16.4. The molecule has 1 aliphatic heterocycles. The van der Waals surface area contributed by atoms with E-state index in [0.717, 1.165) is 6.07 Å². The summed E-state index contributed by atoms with van der Waals surface area (Å²) in [6.07, 6.45) is 7.31. The fourth-order valence-corrected chi connectivity index (χ4v) is 3.60. The summed E-state index contributed by atoms with van der Waals surface area (Å²) in [5.41, 5.74) is 0.601. The van der Waals surface area contributed by atoms with Crippen molar-refractivity contribution in [3.63, 3.8) is 0 Å². The van der Waals surface area contributed by atoms with E-state index < -0.39 is 17.2 Å². The number of aliphatic imine (C=N–C) groups is 1. The Morgan fingerprint density at radius 2 is 2.26 bits per heavy atom. The minimum Gasteiger partial charge on any atom is -0.466 e. The van der Waals surface area contributed by atoms with Crippen molar-refractivity contribution in [1.29, 1.82) is 0 Å². The molecule has 0 N–H and O–H groups in total. The van der Waals surface area contributed by atoms with Gasteiger partial charge in [-0.05, 0) is 55.4 Å². The van der Waals surface area contributed by atoms with E-state index in [-0.39, 0.29) is 18.3 Å². The van der Waals surface area contributed by atoms with Crippen molar-refractivity contribution in [2.45, 2.75) is 38.1 Å². The number of rotatable bonds is 4. The van der Waals surface area contributed by atoms with E-state index in [4.69, 9.17) is 4.74 Å². The van der Waals surface area contributed by atoms with E-state index in [1.165, 1.54) is 6.07 Å². The minimum atomic E-state index is -0.660.